The lowest BCUT2D eigenvalue weighted by Crippen LogP contribution is -2.34. The van der Waals surface area contributed by atoms with E-state index in [-0.39, 0.29) is 24.9 Å². The van der Waals surface area contributed by atoms with E-state index in [1.807, 2.05) is 12.1 Å². The van der Waals surface area contributed by atoms with E-state index < -0.39 is 5.82 Å². The van der Waals surface area contributed by atoms with Gasteiger partial charge in [-0.2, -0.15) is 0 Å². The van der Waals surface area contributed by atoms with Crippen LogP contribution < -0.4 is 10.6 Å². The molecule has 0 aliphatic heterocycles. The third-order valence-electron chi connectivity index (χ3n) is 3.75. The van der Waals surface area contributed by atoms with Gasteiger partial charge in [-0.25, -0.2) is 9.07 Å². The number of nitrogens with zero attached hydrogens (tertiary/aromatic N) is 4. The van der Waals surface area contributed by atoms with Crippen LogP contribution in [0.1, 0.15) is 26.3 Å². The minimum Gasteiger partial charge on any atom is -0.350 e. The average molecular weight is 368 g/mol. The predicted octanol–water partition coefficient (Wildman–Crippen LogP) is 1.02. The van der Waals surface area contributed by atoms with Crippen LogP contribution >= 0.6 is 0 Å². The molecule has 0 bridgehead atoms. The van der Waals surface area contributed by atoms with E-state index >= 15 is 0 Å². The van der Waals surface area contributed by atoms with E-state index in [0.29, 0.717) is 17.7 Å². The van der Waals surface area contributed by atoms with Crippen LogP contribution in [0.25, 0.3) is 0 Å². The van der Waals surface area contributed by atoms with Gasteiger partial charge in [0.1, 0.15) is 12.1 Å². The minimum atomic E-state index is -0.400. The highest BCUT2D eigenvalue weighted by atomic mass is 19.1. The van der Waals surface area contributed by atoms with Crippen molar-refractivity contribution in [1.29, 1.82) is 0 Å². The molecular formula is C18H17FN6O2. The van der Waals surface area contributed by atoms with Crippen molar-refractivity contribution in [1.82, 2.24) is 30.8 Å². The van der Waals surface area contributed by atoms with Crippen LogP contribution in [0.5, 0.6) is 0 Å². The van der Waals surface area contributed by atoms with Gasteiger partial charge in [-0.05, 0) is 52.4 Å². The number of benzene rings is 2. The smallest absolute Gasteiger partial charge is 0.251 e. The van der Waals surface area contributed by atoms with Crippen molar-refractivity contribution in [2.45, 2.75) is 6.54 Å². The number of hydrogen-bond acceptors (Lipinski definition) is 5. The molecule has 0 unspecified atom stereocenters. The lowest BCUT2D eigenvalue weighted by molar-refractivity contribution is 0.0927. The van der Waals surface area contributed by atoms with Crippen molar-refractivity contribution < 1.29 is 14.0 Å². The number of rotatable bonds is 7. The van der Waals surface area contributed by atoms with Gasteiger partial charge in [0.2, 0.25) is 0 Å². The number of halogens is 1. The Kier molecular flexibility index (Phi) is 5.83. The highest BCUT2D eigenvalue weighted by molar-refractivity contribution is 5.95. The van der Waals surface area contributed by atoms with Gasteiger partial charge in [0.25, 0.3) is 11.8 Å². The number of hydrogen-bond donors (Lipinski definition) is 2. The van der Waals surface area contributed by atoms with Crippen molar-refractivity contribution in [3.63, 3.8) is 0 Å². The Hall–Kier alpha value is -3.62. The Labute approximate surface area is 154 Å². The molecule has 27 heavy (non-hydrogen) atoms. The molecule has 0 saturated carbocycles. The molecule has 2 amide bonds. The van der Waals surface area contributed by atoms with Crippen molar-refractivity contribution in [2.75, 3.05) is 13.1 Å². The fourth-order valence-electron chi connectivity index (χ4n) is 2.36. The maximum atomic E-state index is 12.8. The summed E-state index contributed by atoms with van der Waals surface area (Å²) in [5, 5.41) is 16.3. The van der Waals surface area contributed by atoms with Crippen LogP contribution in [0.15, 0.2) is 54.9 Å². The Bertz CT molecular complexity index is 895. The standard InChI is InChI=1S/C18H17FN6O2/c19-16-7-5-15(6-8-16)18(27)21-10-9-20-17(26)14-3-1-13(2-4-14)11-25-12-22-23-24-25/h1-8,12H,9-11H2,(H,20,26)(H,21,27). The number of tetrazole rings is 1. The van der Waals surface area contributed by atoms with Gasteiger partial charge < -0.3 is 10.6 Å². The van der Waals surface area contributed by atoms with Gasteiger partial charge in [0.05, 0.1) is 6.54 Å². The van der Waals surface area contributed by atoms with E-state index in [2.05, 4.69) is 26.2 Å². The quantitative estimate of drug-likeness (QED) is 0.606. The average Bonchev–Trinajstić information content (AvgIpc) is 3.19. The summed E-state index contributed by atoms with van der Waals surface area (Å²) in [5.41, 5.74) is 1.84. The van der Waals surface area contributed by atoms with Crippen molar-refractivity contribution >= 4 is 11.8 Å². The van der Waals surface area contributed by atoms with Crippen LogP contribution in [0.4, 0.5) is 4.39 Å². The van der Waals surface area contributed by atoms with Crippen LogP contribution in [-0.2, 0) is 6.54 Å². The van der Waals surface area contributed by atoms with Crippen molar-refractivity contribution in [2.24, 2.45) is 0 Å². The lowest BCUT2D eigenvalue weighted by Gasteiger charge is -2.08. The predicted molar refractivity (Wildman–Crippen MR) is 94.4 cm³/mol. The fraction of sp³-hybridized carbons (Fsp3) is 0.167. The Morgan fingerprint density at radius 1 is 0.889 bits per heavy atom. The Balaban J connectivity index is 1.42. The summed E-state index contributed by atoms with van der Waals surface area (Å²) >= 11 is 0. The van der Waals surface area contributed by atoms with Gasteiger partial charge in [0.15, 0.2) is 0 Å². The zero-order valence-corrected chi connectivity index (χ0v) is 14.3. The normalized spacial score (nSPS) is 10.4. The number of carbonyl (C=O) groups is 2. The summed E-state index contributed by atoms with van der Waals surface area (Å²) in [6, 6.07) is 12.3. The first-order chi connectivity index (χ1) is 13.1. The molecule has 0 aliphatic rings. The summed E-state index contributed by atoms with van der Waals surface area (Å²) in [5.74, 6) is -0.959. The molecule has 2 N–H and O–H groups in total. The minimum absolute atomic E-state index is 0.236. The van der Waals surface area contributed by atoms with Gasteiger partial charge in [-0.1, -0.05) is 12.1 Å². The van der Waals surface area contributed by atoms with Crippen LogP contribution in [0.3, 0.4) is 0 Å². The summed E-state index contributed by atoms with van der Waals surface area (Å²) < 4.78 is 14.4. The molecule has 0 fully saturated rings. The molecule has 0 saturated heterocycles. The zero-order valence-electron chi connectivity index (χ0n) is 14.3. The Morgan fingerprint density at radius 3 is 1.96 bits per heavy atom. The van der Waals surface area contributed by atoms with E-state index in [4.69, 9.17) is 0 Å². The summed E-state index contributed by atoms with van der Waals surface area (Å²) in [4.78, 5) is 24.0. The van der Waals surface area contributed by atoms with Gasteiger partial charge in [-0.15, -0.1) is 5.10 Å². The first-order valence-corrected chi connectivity index (χ1v) is 8.23. The number of amides is 2. The molecule has 3 rings (SSSR count). The topological polar surface area (TPSA) is 102 Å². The van der Waals surface area contributed by atoms with E-state index in [1.54, 1.807) is 16.8 Å². The molecule has 0 atom stereocenters. The van der Waals surface area contributed by atoms with Gasteiger partial charge >= 0.3 is 0 Å². The van der Waals surface area contributed by atoms with Gasteiger partial charge in [0, 0.05) is 24.2 Å². The van der Waals surface area contributed by atoms with Crippen LogP contribution in [0, 0.1) is 5.82 Å². The van der Waals surface area contributed by atoms with E-state index in [9.17, 15) is 14.0 Å². The number of nitrogens with one attached hydrogen (secondary N) is 2. The molecular weight excluding hydrogens is 351 g/mol. The first-order valence-electron chi connectivity index (χ1n) is 8.23. The maximum absolute atomic E-state index is 12.8. The van der Waals surface area contributed by atoms with E-state index in [0.717, 1.165) is 5.56 Å². The van der Waals surface area contributed by atoms with Gasteiger partial charge in [-0.3, -0.25) is 9.59 Å². The lowest BCUT2D eigenvalue weighted by atomic mass is 10.1. The molecule has 8 nitrogen and oxygen atoms in total. The number of aromatic nitrogens is 4. The largest absolute Gasteiger partial charge is 0.350 e. The second kappa shape index (κ2) is 8.65. The second-order valence-corrected chi connectivity index (χ2v) is 5.72. The second-order valence-electron chi connectivity index (χ2n) is 5.72. The molecule has 0 aliphatic carbocycles. The van der Waals surface area contributed by atoms with E-state index in [1.165, 1.54) is 30.6 Å². The molecule has 2 aromatic carbocycles. The molecule has 1 heterocycles. The van der Waals surface area contributed by atoms with Crippen molar-refractivity contribution in [3.05, 3.63) is 77.4 Å². The van der Waals surface area contributed by atoms with Crippen LogP contribution in [-0.4, -0.2) is 45.1 Å². The van der Waals surface area contributed by atoms with Crippen LogP contribution in [0.2, 0.25) is 0 Å². The Morgan fingerprint density at radius 2 is 1.44 bits per heavy atom. The fourth-order valence-corrected chi connectivity index (χ4v) is 2.36. The maximum Gasteiger partial charge on any atom is 0.251 e. The third kappa shape index (κ3) is 5.18. The zero-order chi connectivity index (χ0) is 19.1. The molecule has 9 heteroatoms. The van der Waals surface area contributed by atoms with Crippen molar-refractivity contribution in [3.8, 4) is 0 Å². The third-order valence-corrected chi connectivity index (χ3v) is 3.75. The molecule has 0 spiro atoms. The summed E-state index contributed by atoms with van der Waals surface area (Å²) in [7, 11) is 0. The molecule has 1 aromatic heterocycles. The highest BCUT2D eigenvalue weighted by Gasteiger charge is 2.07. The molecule has 0 radical (unpaired) electrons. The molecule has 3 aromatic rings. The summed E-state index contributed by atoms with van der Waals surface area (Å²) in [6.07, 6.45) is 1.51. The highest BCUT2D eigenvalue weighted by Crippen LogP contribution is 2.06. The monoisotopic (exact) mass is 368 g/mol. The molecule has 138 valence electrons. The first kappa shape index (κ1) is 18.2. The SMILES string of the molecule is O=C(NCCNC(=O)c1ccc(Cn2cnnn2)cc1)c1ccc(F)cc1. The summed E-state index contributed by atoms with van der Waals surface area (Å²) in [6.45, 7) is 1.06. The number of carbonyl (C=O) groups excluding carboxylic acids is 2.